The summed E-state index contributed by atoms with van der Waals surface area (Å²) < 4.78 is 0. The van der Waals surface area contributed by atoms with Crippen LogP contribution in [0.15, 0.2) is 0 Å². The van der Waals surface area contributed by atoms with Gasteiger partial charge in [0.25, 0.3) is 0 Å². The van der Waals surface area contributed by atoms with E-state index in [0.717, 1.165) is 5.54 Å². The molecule has 2 atom stereocenters. The van der Waals surface area contributed by atoms with E-state index in [-0.39, 0.29) is 0 Å². The minimum Gasteiger partial charge on any atom is -0.167 e. The standard InChI is InChI=1S/C5H11ClSi/c1-5-3-4-7(5,2)6/h5H,3-4H2,1-2H3. The Morgan fingerprint density at radius 1 is 1.71 bits per heavy atom. The molecule has 1 fully saturated rings. The largest absolute Gasteiger partial charge is 0.167 e. The van der Waals surface area contributed by atoms with E-state index in [0.29, 0.717) is 0 Å². The minimum atomic E-state index is -1.08. The molecule has 0 nitrogen and oxygen atoms in total. The summed E-state index contributed by atoms with van der Waals surface area (Å²) in [6.07, 6.45) is 1.38. The zero-order chi connectivity index (χ0) is 5.49. The molecule has 0 aromatic carbocycles. The number of hydrogen-bond acceptors (Lipinski definition) is 0. The fourth-order valence-electron chi connectivity index (χ4n) is 0.831. The van der Waals surface area contributed by atoms with Crippen LogP contribution in [0.5, 0.6) is 0 Å². The summed E-state index contributed by atoms with van der Waals surface area (Å²) in [5.74, 6) is 0. The van der Waals surface area contributed by atoms with Crippen molar-refractivity contribution in [2.45, 2.75) is 31.5 Å². The third-order valence-corrected chi connectivity index (χ3v) is 7.39. The summed E-state index contributed by atoms with van der Waals surface area (Å²) in [5.41, 5.74) is 0.883. The summed E-state index contributed by atoms with van der Waals surface area (Å²) in [7, 11) is -1.08. The van der Waals surface area contributed by atoms with Crippen molar-refractivity contribution in [2.24, 2.45) is 0 Å². The molecule has 0 bridgehead atoms. The summed E-state index contributed by atoms with van der Waals surface area (Å²) in [6, 6.07) is 1.34. The van der Waals surface area contributed by atoms with Crippen molar-refractivity contribution in [3.8, 4) is 0 Å². The van der Waals surface area contributed by atoms with Gasteiger partial charge in [0.05, 0.1) is 0 Å². The zero-order valence-corrected chi connectivity index (χ0v) is 6.63. The molecule has 2 heteroatoms. The van der Waals surface area contributed by atoms with E-state index < -0.39 is 7.38 Å². The number of hydrogen-bond donors (Lipinski definition) is 0. The summed E-state index contributed by atoms with van der Waals surface area (Å²) >= 11 is 6.09. The quantitative estimate of drug-likeness (QED) is 0.353. The summed E-state index contributed by atoms with van der Waals surface area (Å²) in [4.78, 5) is 0. The number of halogens is 1. The van der Waals surface area contributed by atoms with E-state index in [9.17, 15) is 0 Å². The van der Waals surface area contributed by atoms with Crippen molar-refractivity contribution in [3.63, 3.8) is 0 Å². The second kappa shape index (κ2) is 1.49. The maximum absolute atomic E-state index is 6.09. The van der Waals surface area contributed by atoms with Crippen molar-refractivity contribution in [3.05, 3.63) is 0 Å². The highest BCUT2D eigenvalue weighted by Crippen LogP contribution is 2.44. The Morgan fingerprint density at radius 3 is 2.14 bits per heavy atom. The number of rotatable bonds is 0. The lowest BCUT2D eigenvalue weighted by Crippen LogP contribution is -2.37. The smallest absolute Gasteiger partial charge is 0.156 e. The van der Waals surface area contributed by atoms with Gasteiger partial charge in [0, 0.05) is 0 Å². The van der Waals surface area contributed by atoms with Crippen LogP contribution in [0.3, 0.4) is 0 Å². The van der Waals surface area contributed by atoms with Gasteiger partial charge in [0.2, 0.25) is 0 Å². The van der Waals surface area contributed by atoms with E-state index in [1.165, 1.54) is 12.5 Å². The Labute approximate surface area is 50.6 Å². The fourth-order valence-corrected chi connectivity index (χ4v) is 3.15. The van der Waals surface area contributed by atoms with Gasteiger partial charge < -0.3 is 0 Å². The van der Waals surface area contributed by atoms with Crippen LogP contribution in [0.2, 0.25) is 18.1 Å². The average molecular weight is 135 g/mol. The van der Waals surface area contributed by atoms with Gasteiger partial charge in [0.1, 0.15) is 0 Å². The molecule has 0 spiro atoms. The molecule has 1 saturated heterocycles. The maximum Gasteiger partial charge on any atom is 0.156 e. The van der Waals surface area contributed by atoms with E-state index in [1.54, 1.807) is 0 Å². The van der Waals surface area contributed by atoms with Gasteiger partial charge in [-0.2, -0.15) is 11.1 Å². The van der Waals surface area contributed by atoms with Gasteiger partial charge in [-0.05, 0) is 11.6 Å². The van der Waals surface area contributed by atoms with E-state index in [1.807, 2.05) is 0 Å². The van der Waals surface area contributed by atoms with Gasteiger partial charge >= 0.3 is 0 Å². The van der Waals surface area contributed by atoms with Crippen molar-refractivity contribution in [1.29, 1.82) is 0 Å². The lowest BCUT2D eigenvalue weighted by Gasteiger charge is -2.36. The van der Waals surface area contributed by atoms with Gasteiger partial charge in [-0.3, -0.25) is 0 Å². The first-order chi connectivity index (χ1) is 3.13. The minimum absolute atomic E-state index is 0.883. The van der Waals surface area contributed by atoms with Crippen LogP contribution in [0, 0.1) is 0 Å². The van der Waals surface area contributed by atoms with E-state index in [2.05, 4.69) is 13.5 Å². The van der Waals surface area contributed by atoms with Gasteiger partial charge in [-0.25, -0.2) is 0 Å². The van der Waals surface area contributed by atoms with Gasteiger partial charge in [-0.15, -0.1) is 0 Å². The van der Waals surface area contributed by atoms with Crippen molar-refractivity contribution in [1.82, 2.24) is 0 Å². The van der Waals surface area contributed by atoms with Crippen LogP contribution in [-0.4, -0.2) is 7.38 Å². The molecule has 0 aliphatic carbocycles. The molecule has 0 N–H and O–H groups in total. The van der Waals surface area contributed by atoms with Crippen LogP contribution in [0.1, 0.15) is 13.3 Å². The highest BCUT2D eigenvalue weighted by molar-refractivity contribution is 7.21. The third kappa shape index (κ3) is 0.845. The van der Waals surface area contributed by atoms with Gasteiger partial charge in [0.15, 0.2) is 7.38 Å². The first-order valence-corrected chi connectivity index (χ1v) is 6.61. The van der Waals surface area contributed by atoms with E-state index >= 15 is 0 Å². The lowest BCUT2D eigenvalue weighted by atomic mass is 10.3. The molecule has 1 rings (SSSR count). The van der Waals surface area contributed by atoms with Crippen molar-refractivity contribution < 1.29 is 0 Å². The van der Waals surface area contributed by atoms with Crippen LogP contribution in [0.25, 0.3) is 0 Å². The van der Waals surface area contributed by atoms with Crippen LogP contribution in [0.4, 0.5) is 0 Å². The molecule has 0 radical (unpaired) electrons. The van der Waals surface area contributed by atoms with E-state index in [4.69, 9.17) is 11.1 Å². The highest BCUT2D eigenvalue weighted by atomic mass is 35.6. The molecule has 0 aromatic heterocycles. The molecular formula is C5H11ClSi. The first-order valence-electron chi connectivity index (χ1n) is 2.82. The molecule has 7 heavy (non-hydrogen) atoms. The Hall–Kier alpha value is 0.507. The van der Waals surface area contributed by atoms with Crippen LogP contribution in [-0.2, 0) is 0 Å². The average Bonchev–Trinajstić information content (AvgIpc) is 1.63. The second-order valence-electron chi connectivity index (χ2n) is 2.72. The Morgan fingerprint density at radius 2 is 2.14 bits per heavy atom. The SMILES string of the molecule is CC1CC[Si]1(C)Cl. The first kappa shape index (κ1) is 5.64. The normalized spacial score (nSPS) is 51.0. The Bertz CT molecular complexity index is 80.1. The third-order valence-electron chi connectivity index (χ3n) is 2.09. The molecule has 0 amide bonds. The monoisotopic (exact) mass is 134 g/mol. The van der Waals surface area contributed by atoms with Crippen molar-refractivity contribution >= 4 is 18.5 Å². The Balaban J connectivity index is 2.43. The molecule has 1 aliphatic rings. The molecular weight excluding hydrogens is 124 g/mol. The fraction of sp³-hybridized carbons (Fsp3) is 1.00. The molecule has 2 unspecified atom stereocenters. The topological polar surface area (TPSA) is 0 Å². The van der Waals surface area contributed by atoms with Crippen LogP contribution < -0.4 is 0 Å². The molecule has 42 valence electrons. The van der Waals surface area contributed by atoms with Crippen molar-refractivity contribution in [2.75, 3.05) is 0 Å². The lowest BCUT2D eigenvalue weighted by molar-refractivity contribution is 0.752. The zero-order valence-electron chi connectivity index (χ0n) is 4.87. The molecule has 0 saturated carbocycles. The maximum atomic E-state index is 6.09. The summed E-state index contributed by atoms with van der Waals surface area (Å²) in [5, 5.41) is 0. The predicted octanol–water partition coefficient (Wildman–Crippen LogP) is 2.59. The highest BCUT2D eigenvalue weighted by Gasteiger charge is 2.40. The molecule has 1 heterocycles. The predicted molar refractivity (Wildman–Crippen MR) is 36.3 cm³/mol. The van der Waals surface area contributed by atoms with Crippen LogP contribution >= 0.6 is 11.1 Å². The molecule has 0 aromatic rings. The van der Waals surface area contributed by atoms with Gasteiger partial charge in [-0.1, -0.05) is 19.9 Å². The summed E-state index contributed by atoms with van der Waals surface area (Å²) in [6.45, 7) is 4.52. The molecule has 1 aliphatic heterocycles. The Kier molecular flexibility index (Phi) is 1.20. The second-order valence-corrected chi connectivity index (χ2v) is 9.35.